The van der Waals surface area contributed by atoms with Crippen LogP contribution in [0.5, 0.6) is 5.75 Å². The first-order chi connectivity index (χ1) is 10.8. The molecule has 1 unspecified atom stereocenters. The molecule has 1 aliphatic rings. The van der Waals surface area contributed by atoms with Gasteiger partial charge in [-0.1, -0.05) is 18.2 Å². The van der Waals surface area contributed by atoms with E-state index in [2.05, 4.69) is 5.32 Å². The van der Waals surface area contributed by atoms with Gasteiger partial charge in [-0.05, 0) is 46.1 Å². The first-order valence-corrected chi connectivity index (χ1v) is 8.25. The first kappa shape index (κ1) is 17.6. The number of para-hydroxylation sites is 1. The Morgan fingerprint density at radius 1 is 1.43 bits per heavy atom. The maximum absolute atomic E-state index is 12.2. The van der Waals surface area contributed by atoms with Crippen LogP contribution in [0.2, 0.25) is 0 Å². The van der Waals surface area contributed by atoms with Gasteiger partial charge in [0.05, 0.1) is 0 Å². The van der Waals surface area contributed by atoms with Crippen LogP contribution in [0.4, 0.5) is 4.79 Å². The molecule has 0 radical (unpaired) electrons. The Morgan fingerprint density at radius 3 is 2.87 bits per heavy atom. The summed E-state index contributed by atoms with van der Waals surface area (Å²) in [6.45, 7) is 9.51. The second-order valence-electron chi connectivity index (χ2n) is 7.23. The SMILES string of the molecule is Cc1cccc(CNC2CCCN(C(=O)OC(C)(C)C)C2)c1O. The Balaban J connectivity index is 1.89. The highest BCUT2D eigenvalue weighted by Gasteiger charge is 2.27. The lowest BCUT2D eigenvalue weighted by Gasteiger charge is -2.34. The van der Waals surface area contributed by atoms with Crippen molar-refractivity contribution in [3.05, 3.63) is 29.3 Å². The molecular formula is C18H28N2O3. The molecule has 5 nitrogen and oxygen atoms in total. The number of likely N-dealkylation sites (tertiary alicyclic amines) is 1. The Morgan fingerprint density at radius 2 is 2.17 bits per heavy atom. The number of aryl methyl sites for hydroxylation is 1. The third-order valence-electron chi connectivity index (χ3n) is 3.98. The van der Waals surface area contributed by atoms with Gasteiger partial charge in [-0.2, -0.15) is 0 Å². The van der Waals surface area contributed by atoms with Gasteiger partial charge in [0.15, 0.2) is 0 Å². The molecule has 1 aromatic carbocycles. The molecule has 0 aliphatic carbocycles. The van der Waals surface area contributed by atoms with E-state index in [9.17, 15) is 9.90 Å². The standard InChI is InChI=1S/C18H28N2O3/c1-13-7-5-8-14(16(13)21)11-19-15-9-6-10-20(12-15)17(22)23-18(2,3)4/h5,7-8,15,19,21H,6,9-12H2,1-4H3. The van der Waals surface area contributed by atoms with E-state index < -0.39 is 5.60 Å². The summed E-state index contributed by atoms with van der Waals surface area (Å²) in [7, 11) is 0. The maximum atomic E-state index is 12.2. The molecular weight excluding hydrogens is 292 g/mol. The van der Waals surface area contributed by atoms with Crippen molar-refractivity contribution in [2.24, 2.45) is 0 Å². The predicted octanol–water partition coefficient (Wildman–Crippen LogP) is 3.19. The summed E-state index contributed by atoms with van der Waals surface area (Å²) in [5.41, 5.74) is 1.30. The first-order valence-electron chi connectivity index (χ1n) is 8.25. The van der Waals surface area contributed by atoms with Crippen molar-refractivity contribution < 1.29 is 14.6 Å². The summed E-state index contributed by atoms with van der Waals surface area (Å²) in [6.07, 6.45) is 1.73. The number of carbonyl (C=O) groups excluding carboxylic acids is 1. The van der Waals surface area contributed by atoms with E-state index in [0.29, 0.717) is 18.8 Å². The van der Waals surface area contributed by atoms with E-state index in [4.69, 9.17) is 4.74 Å². The summed E-state index contributed by atoms with van der Waals surface area (Å²) in [6, 6.07) is 5.98. The summed E-state index contributed by atoms with van der Waals surface area (Å²) in [5, 5.41) is 13.5. The molecule has 1 aromatic rings. The molecule has 23 heavy (non-hydrogen) atoms. The van der Waals surface area contributed by atoms with Crippen LogP contribution in [0.3, 0.4) is 0 Å². The average Bonchev–Trinajstić information content (AvgIpc) is 2.47. The molecule has 128 valence electrons. The molecule has 1 amide bonds. The largest absolute Gasteiger partial charge is 0.507 e. The second-order valence-corrected chi connectivity index (χ2v) is 7.23. The molecule has 1 aliphatic heterocycles. The molecule has 2 N–H and O–H groups in total. The number of phenolic OH excluding ortho intramolecular Hbond substituents is 1. The average molecular weight is 320 g/mol. The van der Waals surface area contributed by atoms with Gasteiger partial charge < -0.3 is 20.1 Å². The minimum Gasteiger partial charge on any atom is -0.507 e. The number of ether oxygens (including phenoxy) is 1. The van der Waals surface area contributed by atoms with Gasteiger partial charge in [0.2, 0.25) is 0 Å². The van der Waals surface area contributed by atoms with Crippen LogP contribution in [-0.4, -0.2) is 40.8 Å². The van der Waals surface area contributed by atoms with E-state index in [-0.39, 0.29) is 12.1 Å². The van der Waals surface area contributed by atoms with Gasteiger partial charge in [-0.3, -0.25) is 0 Å². The number of amides is 1. The zero-order valence-corrected chi connectivity index (χ0v) is 14.6. The fourth-order valence-electron chi connectivity index (χ4n) is 2.75. The van der Waals surface area contributed by atoms with E-state index in [1.807, 2.05) is 45.9 Å². The number of nitrogens with one attached hydrogen (secondary N) is 1. The van der Waals surface area contributed by atoms with Crippen molar-refractivity contribution in [2.45, 2.75) is 58.7 Å². The molecule has 1 atom stereocenters. The molecule has 0 aromatic heterocycles. The third kappa shape index (κ3) is 5.13. The minimum absolute atomic E-state index is 0.219. The molecule has 1 saturated heterocycles. The van der Waals surface area contributed by atoms with Crippen molar-refractivity contribution in [1.29, 1.82) is 0 Å². The third-order valence-corrected chi connectivity index (χ3v) is 3.98. The minimum atomic E-state index is -0.467. The van der Waals surface area contributed by atoms with E-state index in [0.717, 1.165) is 30.5 Å². The fraction of sp³-hybridized carbons (Fsp3) is 0.611. The Kier molecular flexibility index (Phi) is 5.52. The number of aromatic hydroxyl groups is 1. The lowest BCUT2D eigenvalue weighted by atomic mass is 10.0. The van der Waals surface area contributed by atoms with Crippen LogP contribution in [-0.2, 0) is 11.3 Å². The fourth-order valence-corrected chi connectivity index (χ4v) is 2.75. The van der Waals surface area contributed by atoms with Crippen LogP contribution in [0.15, 0.2) is 18.2 Å². The summed E-state index contributed by atoms with van der Waals surface area (Å²) >= 11 is 0. The van der Waals surface area contributed by atoms with Crippen LogP contribution in [0.1, 0.15) is 44.7 Å². The van der Waals surface area contributed by atoms with E-state index >= 15 is 0 Å². The van der Waals surface area contributed by atoms with Gasteiger partial charge in [0.25, 0.3) is 0 Å². The van der Waals surface area contributed by atoms with Crippen molar-refractivity contribution >= 4 is 6.09 Å². The van der Waals surface area contributed by atoms with Crippen LogP contribution in [0, 0.1) is 6.92 Å². The highest BCUT2D eigenvalue weighted by Crippen LogP contribution is 2.22. The van der Waals surface area contributed by atoms with Gasteiger partial charge in [0, 0.05) is 31.2 Å². The summed E-state index contributed by atoms with van der Waals surface area (Å²) in [5.74, 6) is 0.347. The topological polar surface area (TPSA) is 61.8 Å². The number of piperidine rings is 1. The maximum Gasteiger partial charge on any atom is 0.410 e. The molecule has 1 fully saturated rings. The molecule has 0 bridgehead atoms. The monoisotopic (exact) mass is 320 g/mol. The number of benzene rings is 1. The normalized spacial score (nSPS) is 18.8. The summed E-state index contributed by atoms with van der Waals surface area (Å²) in [4.78, 5) is 13.9. The van der Waals surface area contributed by atoms with Crippen molar-refractivity contribution in [2.75, 3.05) is 13.1 Å². The molecule has 0 saturated carbocycles. The Hall–Kier alpha value is -1.75. The highest BCUT2D eigenvalue weighted by molar-refractivity contribution is 5.68. The number of carbonyl (C=O) groups is 1. The van der Waals surface area contributed by atoms with Crippen molar-refractivity contribution in [3.8, 4) is 5.75 Å². The van der Waals surface area contributed by atoms with E-state index in [1.165, 1.54) is 0 Å². The van der Waals surface area contributed by atoms with Crippen LogP contribution in [0.25, 0.3) is 0 Å². The molecule has 1 heterocycles. The Bertz CT molecular complexity index is 552. The number of hydrogen-bond donors (Lipinski definition) is 2. The zero-order valence-electron chi connectivity index (χ0n) is 14.6. The smallest absolute Gasteiger partial charge is 0.410 e. The quantitative estimate of drug-likeness (QED) is 0.898. The van der Waals surface area contributed by atoms with Crippen LogP contribution < -0.4 is 5.32 Å². The van der Waals surface area contributed by atoms with Crippen LogP contribution >= 0.6 is 0 Å². The predicted molar refractivity (Wildman–Crippen MR) is 90.5 cm³/mol. The Labute approximate surface area is 138 Å². The zero-order chi connectivity index (χ0) is 17.0. The molecule has 2 rings (SSSR count). The number of rotatable bonds is 3. The number of nitrogens with zero attached hydrogens (tertiary/aromatic N) is 1. The van der Waals surface area contributed by atoms with Gasteiger partial charge in [0.1, 0.15) is 11.4 Å². The second kappa shape index (κ2) is 7.21. The van der Waals surface area contributed by atoms with Crippen molar-refractivity contribution in [1.82, 2.24) is 10.2 Å². The van der Waals surface area contributed by atoms with Gasteiger partial charge >= 0.3 is 6.09 Å². The number of hydrogen-bond acceptors (Lipinski definition) is 4. The molecule has 0 spiro atoms. The van der Waals surface area contributed by atoms with Gasteiger partial charge in [-0.15, -0.1) is 0 Å². The lowest BCUT2D eigenvalue weighted by Crippen LogP contribution is -2.49. The van der Waals surface area contributed by atoms with Crippen molar-refractivity contribution in [3.63, 3.8) is 0 Å². The van der Waals surface area contributed by atoms with E-state index in [1.54, 1.807) is 4.90 Å². The summed E-state index contributed by atoms with van der Waals surface area (Å²) < 4.78 is 5.44. The van der Waals surface area contributed by atoms with Gasteiger partial charge in [-0.25, -0.2) is 4.79 Å². The lowest BCUT2D eigenvalue weighted by molar-refractivity contribution is 0.0187. The highest BCUT2D eigenvalue weighted by atomic mass is 16.6. The number of phenols is 1. The molecule has 5 heteroatoms.